The van der Waals surface area contributed by atoms with E-state index in [0.717, 1.165) is 22.5 Å². The lowest BCUT2D eigenvalue weighted by molar-refractivity contribution is -0.136. The van der Waals surface area contributed by atoms with Crippen LogP contribution in [0.1, 0.15) is 5.56 Å². The van der Waals surface area contributed by atoms with E-state index in [1.54, 1.807) is 0 Å². The summed E-state index contributed by atoms with van der Waals surface area (Å²) in [5, 5.41) is 12.2. The standard InChI is InChI=1S/C22H22N4O4/c1-14-7-8-25-13-18(24-19(25)11-14)15-3-5-16(6-4-15)23-20-17(22(29)30-2)12-26(9-10-27)21(20)28/h3-8,11,13,23,27H,9-10,12H2,1-2H3. The molecule has 1 aliphatic heterocycles. The quantitative estimate of drug-likeness (QED) is 0.608. The number of hydrogen-bond acceptors (Lipinski definition) is 6. The summed E-state index contributed by atoms with van der Waals surface area (Å²) in [6.45, 7) is 2.10. The zero-order chi connectivity index (χ0) is 21.3. The molecule has 3 heterocycles. The molecule has 0 radical (unpaired) electrons. The first-order valence-electron chi connectivity index (χ1n) is 9.54. The molecule has 1 aromatic carbocycles. The fourth-order valence-electron chi connectivity index (χ4n) is 3.44. The molecule has 3 aromatic rings. The summed E-state index contributed by atoms with van der Waals surface area (Å²) in [6.07, 6.45) is 3.93. The van der Waals surface area contributed by atoms with Crippen LogP contribution in [-0.4, -0.2) is 58.1 Å². The first-order valence-corrected chi connectivity index (χ1v) is 9.54. The van der Waals surface area contributed by atoms with Gasteiger partial charge in [0.2, 0.25) is 0 Å². The number of rotatable bonds is 6. The van der Waals surface area contributed by atoms with Crippen molar-refractivity contribution in [3.8, 4) is 11.3 Å². The predicted octanol–water partition coefficient (Wildman–Crippen LogP) is 1.98. The minimum atomic E-state index is -0.567. The van der Waals surface area contributed by atoms with Crippen LogP contribution in [0.5, 0.6) is 0 Å². The van der Waals surface area contributed by atoms with Crippen molar-refractivity contribution in [3.05, 3.63) is 65.6 Å². The molecule has 4 rings (SSSR count). The SMILES string of the molecule is COC(=O)C1=C(Nc2ccc(-c3cn4ccc(C)cc4n3)cc2)C(=O)N(CCO)C1. The number of methoxy groups -OCH3 is 1. The molecule has 0 spiro atoms. The molecule has 154 valence electrons. The average Bonchev–Trinajstić information content (AvgIpc) is 3.30. The molecule has 0 saturated carbocycles. The fraction of sp³-hybridized carbons (Fsp3) is 0.227. The molecule has 8 nitrogen and oxygen atoms in total. The van der Waals surface area contributed by atoms with E-state index in [1.807, 2.05) is 60.1 Å². The summed E-state index contributed by atoms with van der Waals surface area (Å²) in [7, 11) is 1.28. The van der Waals surface area contributed by atoms with Crippen molar-refractivity contribution in [2.45, 2.75) is 6.92 Å². The minimum absolute atomic E-state index is 0.104. The maximum absolute atomic E-state index is 12.6. The Kier molecular flexibility index (Phi) is 5.24. The van der Waals surface area contributed by atoms with Crippen molar-refractivity contribution < 1.29 is 19.4 Å². The largest absolute Gasteiger partial charge is 0.466 e. The van der Waals surface area contributed by atoms with Gasteiger partial charge in [0.15, 0.2) is 0 Å². The summed E-state index contributed by atoms with van der Waals surface area (Å²) in [6, 6.07) is 11.5. The van der Waals surface area contributed by atoms with Gasteiger partial charge in [-0.05, 0) is 36.8 Å². The van der Waals surface area contributed by atoms with Crippen molar-refractivity contribution in [1.82, 2.24) is 14.3 Å². The number of anilines is 1. The van der Waals surface area contributed by atoms with E-state index in [0.29, 0.717) is 5.69 Å². The van der Waals surface area contributed by atoms with Crippen molar-refractivity contribution in [2.75, 3.05) is 32.1 Å². The summed E-state index contributed by atoms with van der Waals surface area (Å²) >= 11 is 0. The van der Waals surface area contributed by atoms with Gasteiger partial charge in [0.05, 0.1) is 31.5 Å². The van der Waals surface area contributed by atoms with Gasteiger partial charge in [-0.3, -0.25) is 4.79 Å². The van der Waals surface area contributed by atoms with Gasteiger partial charge in [-0.2, -0.15) is 0 Å². The van der Waals surface area contributed by atoms with Crippen LogP contribution in [0.2, 0.25) is 0 Å². The van der Waals surface area contributed by atoms with E-state index in [4.69, 9.17) is 9.84 Å². The van der Waals surface area contributed by atoms with Crippen LogP contribution in [0.15, 0.2) is 60.1 Å². The number of ether oxygens (including phenoxy) is 1. The molecule has 0 saturated heterocycles. The molecule has 1 amide bonds. The lowest BCUT2D eigenvalue weighted by atomic mass is 10.1. The van der Waals surface area contributed by atoms with Crippen molar-refractivity contribution in [3.63, 3.8) is 0 Å². The number of nitrogens with one attached hydrogen (secondary N) is 1. The summed E-state index contributed by atoms with van der Waals surface area (Å²) in [4.78, 5) is 30.8. The van der Waals surface area contributed by atoms with Crippen molar-refractivity contribution in [1.29, 1.82) is 0 Å². The molecule has 0 atom stereocenters. The van der Waals surface area contributed by atoms with Crippen LogP contribution in [0.4, 0.5) is 5.69 Å². The van der Waals surface area contributed by atoms with E-state index in [9.17, 15) is 9.59 Å². The molecule has 0 bridgehead atoms. The highest BCUT2D eigenvalue weighted by Gasteiger charge is 2.34. The van der Waals surface area contributed by atoms with Crippen LogP contribution in [-0.2, 0) is 14.3 Å². The summed E-state index contributed by atoms with van der Waals surface area (Å²) in [5.74, 6) is -0.910. The van der Waals surface area contributed by atoms with E-state index < -0.39 is 5.97 Å². The maximum atomic E-state index is 12.6. The van der Waals surface area contributed by atoms with Gasteiger partial charge in [0.25, 0.3) is 5.91 Å². The molecule has 0 unspecified atom stereocenters. The third kappa shape index (κ3) is 3.65. The highest BCUT2D eigenvalue weighted by molar-refractivity contribution is 6.08. The molecular formula is C22H22N4O4. The smallest absolute Gasteiger partial charge is 0.337 e. The van der Waals surface area contributed by atoms with Gasteiger partial charge in [0, 0.05) is 30.2 Å². The topological polar surface area (TPSA) is 96.2 Å². The number of pyridine rings is 1. The van der Waals surface area contributed by atoms with Gasteiger partial charge in [-0.15, -0.1) is 0 Å². The predicted molar refractivity (Wildman–Crippen MR) is 112 cm³/mol. The molecule has 8 heteroatoms. The van der Waals surface area contributed by atoms with Gasteiger partial charge >= 0.3 is 5.97 Å². The molecule has 2 N–H and O–H groups in total. The highest BCUT2D eigenvalue weighted by Crippen LogP contribution is 2.25. The lowest BCUT2D eigenvalue weighted by Crippen LogP contribution is -2.31. The monoisotopic (exact) mass is 406 g/mol. The Morgan fingerprint density at radius 1 is 1.27 bits per heavy atom. The van der Waals surface area contributed by atoms with Gasteiger partial charge in [-0.25, -0.2) is 9.78 Å². The second-order valence-electron chi connectivity index (χ2n) is 7.09. The Balaban J connectivity index is 1.58. The number of carbonyl (C=O) groups excluding carboxylic acids is 2. The first kappa shape index (κ1) is 19.7. The van der Waals surface area contributed by atoms with Gasteiger partial charge in [-0.1, -0.05) is 12.1 Å². The number of amides is 1. The molecule has 30 heavy (non-hydrogen) atoms. The normalized spacial score (nSPS) is 14.0. The fourth-order valence-corrected chi connectivity index (χ4v) is 3.44. The summed E-state index contributed by atoms with van der Waals surface area (Å²) in [5.41, 5.74) is 4.87. The van der Waals surface area contributed by atoms with E-state index in [-0.39, 0.29) is 36.9 Å². The number of hydrogen-bond donors (Lipinski definition) is 2. The van der Waals surface area contributed by atoms with Crippen molar-refractivity contribution >= 4 is 23.2 Å². The number of benzene rings is 1. The molecule has 2 aromatic heterocycles. The number of nitrogens with zero attached hydrogens (tertiary/aromatic N) is 3. The van der Waals surface area contributed by atoms with Crippen LogP contribution >= 0.6 is 0 Å². The maximum Gasteiger partial charge on any atom is 0.337 e. The number of aliphatic hydroxyl groups is 1. The first-order chi connectivity index (χ1) is 14.5. The molecular weight excluding hydrogens is 384 g/mol. The number of aliphatic hydroxyl groups excluding tert-OH is 1. The van der Waals surface area contributed by atoms with Crippen LogP contribution < -0.4 is 5.32 Å². The van der Waals surface area contributed by atoms with Crippen LogP contribution in [0, 0.1) is 6.92 Å². The second kappa shape index (κ2) is 8.00. The third-order valence-electron chi connectivity index (χ3n) is 5.02. The zero-order valence-electron chi connectivity index (χ0n) is 16.8. The third-order valence-corrected chi connectivity index (χ3v) is 5.02. The number of esters is 1. The Morgan fingerprint density at radius 2 is 2.03 bits per heavy atom. The van der Waals surface area contributed by atoms with Crippen LogP contribution in [0.3, 0.4) is 0 Å². The van der Waals surface area contributed by atoms with E-state index in [2.05, 4.69) is 10.3 Å². The molecule has 0 aliphatic carbocycles. The Bertz CT molecular complexity index is 1150. The number of fused-ring (bicyclic) bond motifs is 1. The average molecular weight is 406 g/mol. The minimum Gasteiger partial charge on any atom is -0.466 e. The number of imidazole rings is 1. The summed E-state index contributed by atoms with van der Waals surface area (Å²) < 4.78 is 6.77. The number of aryl methyl sites for hydroxylation is 1. The number of aromatic nitrogens is 2. The Labute approximate surface area is 173 Å². The second-order valence-corrected chi connectivity index (χ2v) is 7.09. The van der Waals surface area contributed by atoms with Crippen molar-refractivity contribution in [2.24, 2.45) is 0 Å². The van der Waals surface area contributed by atoms with Crippen LogP contribution in [0.25, 0.3) is 16.9 Å². The molecule has 1 aliphatic rings. The highest BCUT2D eigenvalue weighted by atomic mass is 16.5. The Morgan fingerprint density at radius 3 is 2.73 bits per heavy atom. The molecule has 0 fully saturated rings. The van der Waals surface area contributed by atoms with E-state index >= 15 is 0 Å². The van der Waals surface area contributed by atoms with Gasteiger partial charge < -0.3 is 24.5 Å². The number of β-amino-alcohol motifs (C(OH)–C–C–N with tert-alkyl or cyclic N) is 1. The zero-order valence-corrected chi connectivity index (χ0v) is 16.8. The van der Waals surface area contributed by atoms with Gasteiger partial charge in [0.1, 0.15) is 11.3 Å². The lowest BCUT2D eigenvalue weighted by Gasteiger charge is -2.15. The number of carbonyl (C=O) groups is 2. The van der Waals surface area contributed by atoms with E-state index in [1.165, 1.54) is 12.0 Å². The Hall–Kier alpha value is -3.65.